The van der Waals surface area contributed by atoms with Crippen LogP contribution in [0, 0.1) is 11.3 Å². The summed E-state index contributed by atoms with van der Waals surface area (Å²) >= 11 is 1.37. The predicted octanol–water partition coefficient (Wildman–Crippen LogP) is 4.35. The van der Waals surface area contributed by atoms with Gasteiger partial charge < -0.3 is 10.1 Å². The molecule has 0 bridgehead atoms. The van der Waals surface area contributed by atoms with E-state index >= 15 is 0 Å². The number of fused-ring (bicyclic) bond motifs is 1. The molecule has 0 saturated heterocycles. The Morgan fingerprint density at radius 2 is 2.19 bits per heavy atom. The molecule has 0 aliphatic heterocycles. The minimum Gasteiger partial charge on any atom is -0.497 e. The smallest absolute Gasteiger partial charge is 0.237 e. The van der Waals surface area contributed by atoms with Crippen LogP contribution in [0.4, 0.5) is 5.69 Å². The summed E-state index contributed by atoms with van der Waals surface area (Å²) in [4.78, 5) is 17.5. The Bertz CT molecular complexity index is 876. The van der Waals surface area contributed by atoms with Crippen LogP contribution in [0.2, 0.25) is 0 Å². The monoisotopic (exact) mass is 381 g/mol. The van der Waals surface area contributed by atoms with Crippen molar-refractivity contribution in [1.82, 2.24) is 4.98 Å². The fourth-order valence-electron chi connectivity index (χ4n) is 3.17. The van der Waals surface area contributed by atoms with E-state index in [0.717, 1.165) is 31.4 Å². The fraction of sp³-hybridized carbons (Fsp3) is 0.381. The van der Waals surface area contributed by atoms with Crippen molar-refractivity contribution in [3.8, 4) is 11.8 Å². The lowest BCUT2D eigenvalue weighted by molar-refractivity contribution is -0.115. The molecule has 1 N–H and O–H groups in total. The molecule has 1 heterocycles. The first kappa shape index (κ1) is 19.2. The van der Waals surface area contributed by atoms with Gasteiger partial charge in [-0.25, -0.2) is 4.98 Å². The molecule has 1 amide bonds. The minimum atomic E-state index is -0.322. The fourth-order valence-corrected chi connectivity index (χ4v) is 4.16. The van der Waals surface area contributed by atoms with E-state index in [9.17, 15) is 10.1 Å². The van der Waals surface area contributed by atoms with E-state index in [4.69, 9.17) is 9.72 Å². The topological polar surface area (TPSA) is 75.0 Å². The van der Waals surface area contributed by atoms with Gasteiger partial charge in [-0.1, -0.05) is 24.8 Å². The van der Waals surface area contributed by atoms with Crippen molar-refractivity contribution in [1.29, 1.82) is 5.26 Å². The number of benzene rings is 1. The van der Waals surface area contributed by atoms with Crippen molar-refractivity contribution >= 4 is 23.4 Å². The van der Waals surface area contributed by atoms with Gasteiger partial charge in [0.05, 0.1) is 17.9 Å². The molecule has 1 aliphatic rings. The molecule has 27 heavy (non-hydrogen) atoms. The molecule has 6 heteroatoms. The van der Waals surface area contributed by atoms with E-state index in [-0.39, 0.29) is 11.2 Å². The number of methoxy groups -OCH3 is 1. The van der Waals surface area contributed by atoms with Crippen LogP contribution in [0.15, 0.2) is 35.4 Å². The number of nitrogens with zero attached hydrogens (tertiary/aromatic N) is 2. The number of aryl methyl sites for hydroxylation is 2. The molecular weight excluding hydrogens is 358 g/mol. The average molecular weight is 382 g/mol. The van der Waals surface area contributed by atoms with Crippen LogP contribution in [-0.2, 0) is 17.6 Å². The molecule has 2 aromatic rings. The molecule has 3 rings (SSSR count). The van der Waals surface area contributed by atoms with Gasteiger partial charge in [0, 0.05) is 17.4 Å². The van der Waals surface area contributed by atoms with Gasteiger partial charge in [-0.05, 0) is 55.9 Å². The molecule has 1 atom stereocenters. The Labute approximate surface area is 164 Å². The average Bonchev–Trinajstić information content (AvgIpc) is 2.71. The maximum Gasteiger partial charge on any atom is 0.237 e. The number of hydrogen-bond acceptors (Lipinski definition) is 5. The van der Waals surface area contributed by atoms with Gasteiger partial charge in [0.25, 0.3) is 0 Å². The Hall–Kier alpha value is -2.52. The summed E-state index contributed by atoms with van der Waals surface area (Å²) in [6.45, 7) is 1.97. The molecule has 1 aromatic carbocycles. The van der Waals surface area contributed by atoms with Gasteiger partial charge in [-0.15, -0.1) is 0 Å². The first-order chi connectivity index (χ1) is 13.1. The van der Waals surface area contributed by atoms with Crippen molar-refractivity contribution in [3.63, 3.8) is 0 Å². The second-order valence-corrected chi connectivity index (χ2v) is 7.69. The Morgan fingerprint density at radius 3 is 2.93 bits per heavy atom. The summed E-state index contributed by atoms with van der Waals surface area (Å²) in [5.41, 5.74) is 3.51. The van der Waals surface area contributed by atoms with E-state index in [0.29, 0.717) is 28.4 Å². The quantitative estimate of drug-likeness (QED) is 0.753. The van der Waals surface area contributed by atoms with Crippen LogP contribution in [0.5, 0.6) is 5.75 Å². The molecule has 0 radical (unpaired) electrons. The number of hydrogen-bond donors (Lipinski definition) is 1. The number of ether oxygens (including phenoxy) is 1. The van der Waals surface area contributed by atoms with Gasteiger partial charge >= 0.3 is 0 Å². The molecule has 5 nitrogen and oxygen atoms in total. The lowest BCUT2D eigenvalue weighted by Crippen LogP contribution is -2.25. The van der Waals surface area contributed by atoms with Crippen LogP contribution in [0.3, 0.4) is 0 Å². The Kier molecular flexibility index (Phi) is 6.36. The van der Waals surface area contributed by atoms with Crippen LogP contribution in [-0.4, -0.2) is 23.3 Å². The van der Waals surface area contributed by atoms with Crippen molar-refractivity contribution in [2.45, 2.75) is 49.3 Å². The number of thioether (sulfide) groups is 1. The van der Waals surface area contributed by atoms with E-state index in [1.54, 1.807) is 13.2 Å². The summed E-state index contributed by atoms with van der Waals surface area (Å²) in [5, 5.41) is 12.8. The van der Waals surface area contributed by atoms with Crippen LogP contribution in [0.1, 0.15) is 43.0 Å². The number of anilines is 1. The lowest BCUT2D eigenvalue weighted by Gasteiger charge is -2.19. The zero-order valence-electron chi connectivity index (χ0n) is 15.6. The number of nitriles is 1. The number of carbonyl (C=O) groups is 1. The number of nitrogens with one attached hydrogen (secondary N) is 1. The second-order valence-electron chi connectivity index (χ2n) is 6.50. The van der Waals surface area contributed by atoms with E-state index in [1.807, 2.05) is 31.2 Å². The van der Waals surface area contributed by atoms with Crippen LogP contribution >= 0.6 is 11.8 Å². The van der Waals surface area contributed by atoms with Crippen molar-refractivity contribution in [2.24, 2.45) is 0 Å². The third-order valence-corrected chi connectivity index (χ3v) is 6.01. The molecule has 1 aliphatic carbocycles. The Morgan fingerprint density at radius 1 is 1.37 bits per heavy atom. The summed E-state index contributed by atoms with van der Waals surface area (Å²) in [5.74, 6) is 0.593. The van der Waals surface area contributed by atoms with Crippen LogP contribution in [0.25, 0.3) is 0 Å². The van der Waals surface area contributed by atoms with Gasteiger partial charge in [0.1, 0.15) is 16.8 Å². The van der Waals surface area contributed by atoms with Crippen LogP contribution < -0.4 is 10.1 Å². The normalized spacial score (nSPS) is 14.0. The second kappa shape index (κ2) is 8.92. The number of rotatable bonds is 6. The van der Waals surface area contributed by atoms with Crippen molar-refractivity contribution in [2.75, 3.05) is 12.4 Å². The molecule has 140 valence electrons. The minimum absolute atomic E-state index is 0.0980. The molecule has 1 unspecified atom stereocenters. The number of pyridine rings is 1. The van der Waals surface area contributed by atoms with E-state index < -0.39 is 0 Å². The van der Waals surface area contributed by atoms with Gasteiger partial charge in [0.15, 0.2) is 0 Å². The first-order valence-corrected chi connectivity index (χ1v) is 10.1. The van der Waals surface area contributed by atoms with Gasteiger partial charge in [-0.3, -0.25) is 4.79 Å². The molecular formula is C21H23N3O2S. The molecule has 0 saturated carbocycles. The third kappa shape index (κ3) is 4.61. The van der Waals surface area contributed by atoms with Gasteiger partial charge in [0.2, 0.25) is 5.91 Å². The number of aromatic nitrogens is 1. The first-order valence-electron chi connectivity index (χ1n) is 9.19. The summed E-state index contributed by atoms with van der Waals surface area (Å²) < 4.78 is 5.20. The van der Waals surface area contributed by atoms with E-state index in [1.165, 1.54) is 17.3 Å². The maximum atomic E-state index is 12.8. The van der Waals surface area contributed by atoms with Crippen molar-refractivity contribution in [3.05, 3.63) is 47.2 Å². The van der Waals surface area contributed by atoms with E-state index in [2.05, 4.69) is 11.4 Å². The standard InChI is InChI=1S/C21H23N3O2S/c1-3-19(20(25)23-16-8-6-9-17(12-16)26-2)27-21-15(13-22)11-14-7-4-5-10-18(14)24-21/h6,8-9,11-12,19H,3-5,7,10H2,1-2H3,(H,23,25). The lowest BCUT2D eigenvalue weighted by atomic mass is 9.95. The molecule has 0 spiro atoms. The number of amides is 1. The highest BCUT2D eigenvalue weighted by Crippen LogP contribution is 2.31. The Balaban J connectivity index is 1.78. The summed E-state index contributed by atoms with van der Waals surface area (Å²) in [7, 11) is 1.59. The summed E-state index contributed by atoms with van der Waals surface area (Å²) in [6, 6.07) is 11.5. The van der Waals surface area contributed by atoms with Gasteiger partial charge in [-0.2, -0.15) is 5.26 Å². The zero-order chi connectivity index (χ0) is 19.2. The molecule has 1 aromatic heterocycles. The van der Waals surface area contributed by atoms with Crippen molar-refractivity contribution < 1.29 is 9.53 Å². The highest BCUT2D eigenvalue weighted by atomic mass is 32.2. The molecule has 0 fully saturated rings. The number of carbonyl (C=O) groups excluding carboxylic acids is 1. The zero-order valence-corrected chi connectivity index (χ0v) is 16.4. The predicted molar refractivity (Wildman–Crippen MR) is 107 cm³/mol. The highest BCUT2D eigenvalue weighted by molar-refractivity contribution is 8.00. The highest BCUT2D eigenvalue weighted by Gasteiger charge is 2.23. The SMILES string of the molecule is CCC(Sc1nc2c(cc1C#N)CCCC2)C(=O)Nc1cccc(OC)c1. The maximum absolute atomic E-state index is 12.8. The third-order valence-electron chi connectivity index (χ3n) is 4.64. The largest absolute Gasteiger partial charge is 0.497 e. The summed E-state index contributed by atoms with van der Waals surface area (Å²) in [6.07, 6.45) is 4.84.